The number of pyridine rings is 2. The van der Waals surface area contributed by atoms with Crippen molar-refractivity contribution < 1.29 is 8.95 Å². The zero-order chi connectivity index (χ0) is 19.1. The zero-order valence-corrected chi connectivity index (χ0v) is 17.5. The molecule has 0 amide bonds. The van der Waals surface area contributed by atoms with Gasteiger partial charge in [0.2, 0.25) is 5.88 Å². The Balaban J connectivity index is 2.03. The highest BCUT2D eigenvalue weighted by molar-refractivity contribution is 7.84. The SMILES string of the molecule is CC[C@H](NS(=O)C(C)(C)C)c1cnc(OC2(C)CC2)c2cnc(Cl)cc12. The molecule has 26 heavy (non-hydrogen) atoms. The van der Waals surface area contributed by atoms with Crippen molar-refractivity contribution in [1.82, 2.24) is 14.7 Å². The van der Waals surface area contributed by atoms with Gasteiger partial charge in [-0.15, -0.1) is 0 Å². The summed E-state index contributed by atoms with van der Waals surface area (Å²) >= 11 is 6.16. The highest BCUT2D eigenvalue weighted by Gasteiger charge is 2.41. The van der Waals surface area contributed by atoms with Crippen LogP contribution in [0.2, 0.25) is 5.15 Å². The van der Waals surface area contributed by atoms with E-state index in [2.05, 4.69) is 28.5 Å². The summed E-state index contributed by atoms with van der Waals surface area (Å²) in [6.45, 7) is 10.00. The summed E-state index contributed by atoms with van der Waals surface area (Å²) in [5.74, 6) is 0.583. The summed E-state index contributed by atoms with van der Waals surface area (Å²) in [4.78, 5) is 8.77. The Hall–Kier alpha value is -1.24. The maximum absolute atomic E-state index is 12.6. The molecule has 0 saturated heterocycles. The van der Waals surface area contributed by atoms with Crippen molar-refractivity contribution in [2.75, 3.05) is 0 Å². The minimum absolute atomic E-state index is 0.103. The van der Waals surface area contributed by atoms with Gasteiger partial charge in [0.15, 0.2) is 0 Å². The summed E-state index contributed by atoms with van der Waals surface area (Å²) in [6, 6.07) is 1.73. The van der Waals surface area contributed by atoms with Crippen molar-refractivity contribution in [1.29, 1.82) is 0 Å². The first-order valence-electron chi connectivity index (χ1n) is 8.94. The number of hydrogen-bond donors (Lipinski definition) is 1. The molecule has 1 unspecified atom stereocenters. The first kappa shape index (κ1) is 19.5. The van der Waals surface area contributed by atoms with Gasteiger partial charge in [-0.2, -0.15) is 0 Å². The van der Waals surface area contributed by atoms with Crippen molar-refractivity contribution in [3.63, 3.8) is 0 Å². The Labute approximate surface area is 162 Å². The monoisotopic (exact) mass is 395 g/mol. The van der Waals surface area contributed by atoms with Gasteiger partial charge in [0.25, 0.3) is 0 Å². The number of fused-ring (bicyclic) bond motifs is 1. The van der Waals surface area contributed by atoms with E-state index in [0.29, 0.717) is 11.0 Å². The van der Waals surface area contributed by atoms with Crippen molar-refractivity contribution in [3.8, 4) is 5.88 Å². The van der Waals surface area contributed by atoms with Crippen molar-refractivity contribution >= 4 is 33.4 Å². The van der Waals surface area contributed by atoms with Crippen LogP contribution in [0.4, 0.5) is 0 Å². The van der Waals surface area contributed by atoms with Crippen LogP contribution in [0.1, 0.15) is 65.5 Å². The summed E-state index contributed by atoms with van der Waals surface area (Å²) < 4.78 is 21.6. The van der Waals surface area contributed by atoms with Gasteiger partial charge in [0, 0.05) is 18.4 Å². The molecule has 0 spiro atoms. The van der Waals surface area contributed by atoms with E-state index >= 15 is 0 Å². The molecule has 2 aromatic rings. The second kappa shape index (κ2) is 7.06. The van der Waals surface area contributed by atoms with Crippen LogP contribution in [0.15, 0.2) is 18.5 Å². The van der Waals surface area contributed by atoms with E-state index in [1.54, 1.807) is 12.4 Å². The van der Waals surface area contributed by atoms with Crippen LogP contribution in [0.5, 0.6) is 5.88 Å². The van der Waals surface area contributed by atoms with Crippen LogP contribution in [0.25, 0.3) is 10.8 Å². The van der Waals surface area contributed by atoms with E-state index in [0.717, 1.165) is 35.6 Å². The van der Waals surface area contributed by atoms with E-state index in [4.69, 9.17) is 16.3 Å². The molecule has 0 aliphatic heterocycles. The number of ether oxygens (including phenoxy) is 1. The topological polar surface area (TPSA) is 64.1 Å². The third-order valence-electron chi connectivity index (χ3n) is 4.62. The van der Waals surface area contributed by atoms with E-state index in [-0.39, 0.29) is 16.4 Å². The van der Waals surface area contributed by atoms with E-state index in [9.17, 15) is 4.21 Å². The largest absolute Gasteiger partial charge is 0.471 e. The fraction of sp³-hybridized carbons (Fsp3) is 0.579. The fourth-order valence-corrected chi connectivity index (χ4v) is 3.71. The van der Waals surface area contributed by atoms with Gasteiger partial charge in [-0.3, -0.25) is 0 Å². The van der Waals surface area contributed by atoms with Crippen LogP contribution in [-0.2, 0) is 11.0 Å². The van der Waals surface area contributed by atoms with E-state index in [1.165, 1.54) is 0 Å². The van der Waals surface area contributed by atoms with Gasteiger partial charge in [0.05, 0.1) is 21.1 Å². The zero-order valence-electron chi connectivity index (χ0n) is 15.9. The summed E-state index contributed by atoms with van der Waals surface area (Å²) in [6.07, 6.45) is 6.35. The number of aromatic nitrogens is 2. The quantitative estimate of drug-likeness (QED) is 0.719. The Morgan fingerprint density at radius 1 is 1.31 bits per heavy atom. The molecule has 1 aliphatic rings. The molecule has 0 bridgehead atoms. The van der Waals surface area contributed by atoms with Crippen molar-refractivity contribution in [2.24, 2.45) is 0 Å². The molecule has 2 aromatic heterocycles. The number of rotatable bonds is 6. The smallest absolute Gasteiger partial charge is 0.223 e. The number of nitrogens with one attached hydrogen (secondary N) is 1. The maximum atomic E-state index is 12.6. The van der Waals surface area contributed by atoms with Gasteiger partial charge in [-0.1, -0.05) is 18.5 Å². The molecule has 5 nitrogen and oxygen atoms in total. The van der Waals surface area contributed by atoms with Gasteiger partial charge in [0.1, 0.15) is 10.8 Å². The molecular formula is C19H26ClN3O2S. The molecule has 2 atom stereocenters. The molecule has 1 aliphatic carbocycles. The lowest BCUT2D eigenvalue weighted by molar-refractivity contribution is 0.194. The number of halogens is 1. The first-order valence-corrected chi connectivity index (χ1v) is 10.5. The second-order valence-corrected chi connectivity index (χ2v) is 10.5. The third-order valence-corrected chi connectivity index (χ3v) is 6.44. The number of hydrogen-bond acceptors (Lipinski definition) is 4. The normalized spacial score (nSPS) is 18.5. The molecule has 2 heterocycles. The lowest BCUT2D eigenvalue weighted by Gasteiger charge is -2.25. The Morgan fingerprint density at radius 2 is 2.00 bits per heavy atom. The lowest BCUT2D eigenvalue weighted by Crippen LogP contribution is -2.35. The summed E-state index contributed by atoms with van der Waals surface area (Å²) in [7, 11) is -1.18. The molecule has 3 rings (SSSR count). The summed E-state index contributed by atoms with van der Waals surface area (Å²) in [5, 5.41) is 2.19. The van der Waals surface area contributed by atoms with Crippen LogP contribution in [0, 0.1) is 0 Å². The van der Waals surface area contributed by atoms with Crippen LogP contribution >= 0.6 is 11.6 Å². The molecular weight excluding hydrogens is 370 g/mol. The van der Waals surface area contributed by atoms with Crippen molar-refractivity contribution in [3.05, 3.63) is 29.2 Å². The van der Waals surface area contributed by atoms with E-state index < -0.39 is 11.0 Å². The molecule has 1 saturated carbocycles. The van der Waals surface area contributed by atoms with Gasteiger partial charge in [-0.05, 0) is 64.0 Å². The maximum Gasteiger partial charge on any atom is 0.223 e. The molecule has 1 fully saturated rings. The van der Waals surface area contributed by atoms with Gasteiger partial charge >= 0.3 is 0 Å². The lowest BCUT2D eigenvalue weighted by atomic mass is 10.0. The average molecular weight is 396 g/mol. The summed E-state index contributed by atoms with van der Waals surface area (Å²) in [5.41, 5.74) is 0.828. The highest BCUT2D eigenvalue weighted by atomic mass is 35.5. The predicted molar refractivity (Wildman–Crippen MR) is 107 cm³/mol. The Bertz CT molecular complexity index is 847. The molecule has 142 valence electrons. The number of nitrogens with zero attached hydrogens (tertiary/aromatic N) is 2. The van der Waals surface area contributed by atoms with Crippen LogP contribution in [0.3, 0.4) is 0 Å². The second-order valence-electron chi connectivity index (χ2n) is 8.08. The molecule has 0 radical (unpaired) electrons. The standard InChI is InChI=1S/C19H26ClN3O2S/c1-6-15(23-26(24)18(2,3)4)13-10-22-17(25-19(5)7-8-19)14-11-21-16(20)9-12(13)14/h9-11,15,23H,6-8H2,1-5H3/t15-,26?/m0/s1. The minimum Gasteiger partial charge on any atom is -0.471 e. The Kier molecular flexibility index (Phi) is 5.30. The molecule has 1 N–H and O–H groups in total. The van der Waals surface area contributed by atoms with Crippen LogP contribution < -0.4 is 9.46 Å². The van der Waals surface area contributed by atoms with Gasteiger partial charge in [-0.25, -0.2) is 18.9 Å². The Morgan fingerprint density at radius 3 is 2.58 bits per heavy atom. The minimum atomic E-state index is -1.18. The fourth-order valence-electron chi connectivity index (χ4n) is 2.65. The van der Waals surface area contributed by atoms with Gasteiger partial charge < -0.3 is 4.74 Å². The first-order chi connectivity index (χ1) is 12.1. The van der Waals surface area contributed by atoms with Crippen LogP contribution in [-0.4, -0.2) is 24.5 Å². The van der Waals surface area contributed by atoms with Crippen molar-refractivity contribution in [2.45, 2.75) is 70.3 Å². The third kappa shape index (κ3) is 4.18. The highest BCUT2D eigenvalue weighted by Crippen LogP contribution is 2.41. The predicted octanol–water partition coefficient (Wildman–Crippen LogP) is 4.72. The molecule has 7 heteroatoms. The van der Waals surface area contributed by atoms with E-state index in [1.807, 2.05) is 26.8 Å². The molecule has 0 aromatic carbocycles. The average Bonchev–Trinajstić information content (AvgIpc) is 3.29.